The van der Waals surface area contributed by atoms with Gasteiger partial charge in [-0.2, -0.15) is 0 Å². The van der Waals surface area contributed by atoms with Gasteiger partial charge >= 0.3 is 0 Å². The third kappa shape index (κ3) is 5.40. The third-order valence-electron chi connectivity index (χ3n) is 7.14. The Morgan fingerprint density at radius 3 is 2.46 bits per heavy atom. The highest BCUT2D eigenvalue weighted by molar-refractivity contribution is 5.98. The predicted octanol–water partition coefficient (Wildman–Crippen LogP) is 3.31. The molecule has 2 aromatic carbocycles. The molecular formula is C28H35N3O4. The van der Waals surface area contributed by atoms with E-state index in [2.05, 4.69) is 5.32 Å². The Labute approximate surface area is 207 Å². The van der Waals surface area contributed by atoms with Crippen molar-refractivity contribution in [2.75, 3.05) is 19.7 Å². The minimum Gasteiger partial charge on any atom is -0.353 e. The van der Waals surface area contributed by atoms with Crippen molar-refractivity contribution in [2.24, 2.45) is 0 Å². The molecule has 2 atom stereocenters. The lowest BCUT2D eigenvalue weighted by atomic mass is 9.95. The standard InChI is InChI=1S/C28H35N3O4/c1-4-21(3)29-26(33)24-19-35-28(31(24)27(34)23-12-8-9-20(2)17-23)13-15-30(16-14-28)25(32)18-22-10-6-5-7-11-22/h5-12,17,21,24H,4,13-16,18-19H2,1-3H3,(H,29,33)/t21-,24-/m0/s1. The summed E-state index contributed by atoms with van der Waals surface area (Å²) in [7, 11) is 0. The number of amides is 3. The minimum atomic E-state index is -0.901. The van der Waals surface area contributed by atoms with Crippen molar-refractivity contribution in [3.05, 3.63) is 71.3 Å². The summed E-state index contributed by atoms with van der Waals surface area (Å²) in [6.45, 7) is 7.00. The number of benzene rings is 2. The summed E-state index contributed by atoms with van der Waals surface area (Å²) in [5, 5.41) is 3.02. The van der Waals surface area contributed by atoms with Gasteiger partial charge < -0.3 is 15.0 Å². The van der Waals surface area contributed by atoms with Crippen LogP contribution in [0.15, 0.2) is 54.6 Å². The molecule has 2 aliphatic rings. The molecule has 7 nitrogen and oxygen atoms in total. The normalized spacial score (nSPS) is 20.0. The molecule has 2 aliphatic heterocycles. The first-order valence-corrected chi connectivity index (χ1v) is 12.5. The van der Waals surface area contributed by atoms with Crippen molar-refractivity contribution in [3.63, 3.8) is 0 Å². The van der Waals surface area contributed by atoms with E-state index >= 15 is 0 Å². The van der Waals surface area contributed by atoms with E-state index in [-0.39, 0.29) is 30.4 Å². The zero-order chi connectivity index (χ0) is 25.0. The van der Waals surface area contributed by atoms with Crippen molar-refractivity contribution in [1.82, 2.24) is 15.1 Å². The molecule has 1 spiro atoms. The van der Waals surface area contributed by atoms with E-state index < -0.39 is 11.8 Å². The Balaban J connectivity index is 1.54. The van der Waals surface area contributed by atoms with Gasteiger partial charge in [0.15, 0.2) is 0 Å². The van der Waals surface area contributed by atoms with Crippen molar-refractivity contribution in [2.45, 2.75) is 64.3 Å². The second-order valence-electron chi connectivity index (χ2n) is 9.68. The second kappa shape index (κ2) is 10.6. The molecule has 4 rings (SSSR count). The van der Waals surface area contributed by atoms with E-state index in [1.165, 1.54) is 0 Å². The van der Waals surface area contributed by atoms with Crippen LogP contribution in [-0.2, 0) is 20.7 Å². The van der Waals surface area contributed by atoms with Gasteiger partial charge in [0.1, 0.15) is 11.8 Å². The summed E-state index contributed by atoms with van der Waals surface area (Å²) in [5.41, 5.74) is 1.60. The quantitative estimate of drug-likeness (QED) is 0.692. The van der Waals surface area contributed by atoms with Crippen LogP contribution in [0.1, 0.15) is 54.6 Å². The highest BCUT2D eigenvalue weighted by atomic mass is 16.5. The number of ether oxygens (including phenoxy) is 1. The molecule has 0 bridgehead atoms. The lowest BCUT2D eigenvalue weighted by Crippen LogP contribution is -2.60. The van der Waals surface area contributed by atoms with Gasteiger partial charge in [-0.1, -0.05) is 55.0 Å². The number of hydrogen-bond acceptors (Lipinski definition) is 4. The summed E-state index contributed by atoms with van der Waals surface area (Å²) in [4.78, 5) is 43.4. The first-order chi connectivity index (χ1) is 16.8. The molecule has 7 heteroatoms. The molecule has 0 unspecified atom stereocenters. The topological polar surface area (TPSA) is 79.0 Å². The predicted molar refractivity (Wildman–Crippen MR) is 134 cm³/mol. The van der Waals surface area contributed by atoms with E-state index in [0.29, 0.717) is 37.9 Å². The van der Waals surface area contributed by atoms with Gasteiger partial charge in [-0.3, -0.25) is 19.3 Å². The fourth-order valence-electron chi connectivity index (χ4n) is 4.91. The molecule has 186 valence electrons. The number of nitrogens with zero attached hydrogens (tertiary/aromatic N) is 2. The molecule has 3 amide bonds. The van der Waals surface area contributed by atoms with Crippen LogP contribution in [-0.4, -0.2) is 65.0 Å². The number of likely N-dealkylation sites (tertiary alicyclic amines) is 1. The lowest BCUT2D eigenvalue weighted by Gasteiger charge is -2.44. The summed E-state index contributed by atoms with van der Waals surface area (Å²) < 4.78 is 6.27. The van der Waals surface area contributed by atoms with Gasteiger partial charge in [-0.15, -0.1) is 0 Å². The summed E-state index contributed by atoms with van der Waals surface area (Å²) in [6.07, 6.45) is 2.09. The zero-order valence-electron chi connectivity index (χ0n) is 20.8. The van der Waals surface area contributed by atoms with Crippen molar-refractivity contribution >= 4 is 17.7 Å². The van der Waals surface area contributed by atoms with E-state index in [1.807, 2.05) is 74.2 Å². The summed E-state index contributed by atoms with van der Waals surface area (Å²) in [6, 6.07) is 16.4. The van der Waals surface area contributed by atoms with Crippen LogP contribution >= 0.6 is 0 Å². The molecule has 0 radical (unpaired) electrons. The Morgan fingerprint density at radius 2 is 1.80 bits per heavy atom. The Hall–Kier alpha value is -3.19. The fraction of sp³-hybridized carbons (Fsp3) is 0.464. The van der Waals surface area contributed by atoms with Gasteiger partial charge in [0.2, 0.25) is 11.8 Å². The van der Waals surface area contributed by atoms with Crippen LogP contribution in [0.2, 0.25) is 0 Å². The number of hydrogen-bond donors (Lipinski definition) is 1. The maximum absolute atomic E-state index is 13.8. The van der Waals surface area contributed by atoms with Crippen molar-refractivity contribution < 1.29 is 19.1 Å². The van der Waals surface area contributed by atoms with Gasteiger partial charge in [-0.05, 0) is 38.0 Å². The number of rotatable bonds is 6. The average molecular weight is 478 g/mol. The molecule has 2 heterocycles. The van der Waals surface area contributed by atoms with Crippen LogP contribution in [0.4, 0.5) is 0 Å². The molecule has 0 aromatic heterocycles. The van der Waals surface area contributed by atoms with Gasteiger partial charge in [0.05, 0.1) is 13.0 Å². The smallest absolute Gasteiger partial charge is 0.256 e. The fourth-order valence-corrected chi connectivity index (χ4v) is 4.91. The number of carbonyl (C=O) groups is 3. The first-order valence-electron chi connectivity index (χ1n) is 12.5. The number of aryl methyl sites for hydroxylation is 1. The van der Waals surface area contributed by atoms with Crippen LogP contribution in [0, 0.1) is 6.92 Å². The Bertz CT molecular complexity index is 1060. The number of nitrogens with one attached hydrogen (secondary N) is 1. The highest BCUT2D eigenvalue weighted by Gasteiger charge is 2.54. The molecule has 1 N–H and O–H groups in total. The Kier molecular flexibility index (Phi) is 7.55. The molecule has 2 saturated heterocycles. The van der Waals surface area contributed by atoms with Crippen LogP contribution < -0.4 is 5.32 Å². The molecule has 2 aromatic rings. The highest BCUT2D eigenvalue weighted by Crippen LogP contribution is 2.38. The van der Waals surface area contributed by atoms with Gasteiger partial charge in [0.25, 0.3) is 5.91 Å². The van der Waals surface area contributed by atoms with Crippen LogP contribution in [0.25, 0.3) is 0 Å². The zero-order valence-corrected chi connectivity index (χ0v) is 20.8. The maximum atomic E-state index is 13.8. The van der Waals surface area contributed by atoms with Crippen LogP contribution in [0.5, 0.6) is 0 Å². The van der Waals surface area contributed by atoms with E-state index in [0.717, 1.165) is 17.5 Å². The lowest BCUT2D eigenvalue weighted by molar-refractivity contribution is -0.143. The number of piperidine rings is 1. The van der Waals surface area contributed by atoms with Crippen LogP contribution in [0.3, 0.4) is 0 Å². The Morgan fingerprint density at radius 1 is 1.09 bits per heavy atom. The average Bonchev–Trinajstić information content (AvgIpc) is 3.23. The van der Waals surface area contributed by atoms with Crippen molar-refractivity contribution in [1.29, 1.82) is 0 Å². The molecule has 0 aliphatic carbocycles. The third-order valence-corrected chi connectivity index (χ3v) is 7.14. The second-order valence-corrected chi connectivity index (χ2v) is 9.68. The summed E-state index contributed by atoms with van der Waals surface area (Å²) >= 11 is 0. The van der Waals surface area contributed by atoms with E-state index in [4.69, 9.17) is 4.74 Å². The largest absolute Gasteiger partial charge is 0.353 e. The van der Waals surface area contributed by atoms with Crippen molar-refractivity contribution in [3.8, 4) is 0 Å². The molecule has 0 saturated carbocycles. The SMILES string of the molecule is CC[C@H](C)NC(=O)[C@@H]1COC2(CCN(C(=O)Cc3ccccc3)CC2)N1C(=O)c1cccc(C)c1. The monoisotopic (exact) mass is 477 g/mol. The number of carbonyl (C=O) groups excluding carboxylic acids is 3. The summed E-state index contributed by atoms with van der Waals surface area (Å²) in [5.74, 6) is -0.342. The minimum absolute atomic E-state index is 0.00688. The maximum Gasteiger partial charge on any atom is 0.256 e. The van der Waals surface area contributed by atoms with E-state index in [1.54, 1.807) is 11.0 Å². The molecular weight excluding hydrogens is 442 g/mol. The molecule has 2 fully saturated rings. The first kappa shape index (κ1) is 24.9. The van der Waals surface area contributed by atoms with Gasteiger partial charge in [0, 0.05) is 37.5 Å². The molecule has 35 heavy (non-hydrogen) atoms. The van der Waals surface area contributed by atoms with Gasteiger partial charge in [-0.25, -0.2) is 0 Å². The van der Waals surface area contributed by atoms with E-state index in [9.17, 15) is 14.4 Å².